The van der Waals surface area contributed by atoms with Crippen LogP contribution < -0.4 is 0 Å². The fourth-order valence-electron chi connectivity index (χ4n) is 4.00. The third kappa shape index (κ3) is 4.34. The van der Waals surface area contributed by atoms with Crippen LogP contribution in [-0.2, 0) is 23.8 Å². The Kier molecular flexibility index (Phi) is 7.01. The van der Waals surface area contributed by atoms with Gasteiger partial charge in [-0.25, -0.2) is 9.59 Å². The lowest BCUT2D eigenvalue weighted by Crippen LogP contribution is -2.59. The Hall–Kier alpha value is -3.29. The molecule has 6 nitrogen and oxygen atoms in total. The van der Waals surface area contributed by atoms with E-state index in [1.54, 1.807) is 13.8 Å². The van der Waals surface area contributed by atoms with Gasteiger partial charge in [-0.05, 0) is 36.4 Å². The molecular weight excluding hydrogens is 438 g/mol. The van der Waals surface area contributed by atoms with Gasteiger partial charge in [-0.1, -0.05) is 66.7 Å². The van der Waals surface area contributed by atoms with E-state index in [1.807, 2.05) is 78.2 Å². The minimum Gasteiger partial charge on any atom is -0.463 e. The van der Waals surface area contributed by atoms with Crippen molar-refractivity contribution in [3.05, 3.63) is 94.2 Å². The first-order valence-electron chi connectivity index (χ1n) is 10.9. The Balaban J connectivity index is 2.02. The number of rotatable bonds is 7. The molecule has 0 N–H and O–H groups in total. The molecule has 1 aliphatic rings. The molecule has 0 aliphatic carbocycles. The number of nitrogens with zero attached hydrogens (tertiary/aromatic N) is 1. The summed E-state index contributed by atoms with van der Waals surface area (Å²) in [5.41, 5.74) is -0.0119. The minimum absolute atomic E-state index is 0.0896. The van der Waals surface area contributed by atoms with Gasteiger partial charge in [-0.3, -0.25) is 4.99 Å². The molecular formula is C26H25NO5S. The first-order valence-corrected chi connectivity index (χ1v) is 11.7. The second-order valence-electron chi connectivity index (χ2n) is 7.39. The fraction of sp³-hybridized carbons (Fsp3) is 0.269. The number of benzene rings is 2. The summed E-state index contributed by atoms with van der Waals surface area (Å²) >= 11 is 1.44. The normalized spacial score (nSPS) is 19.4. The molecule has 2 aromatic carbocycles. The Bertz CT molecular complexity index is 1090. The van der Waals surface area contributed by atoms with Crippen LogP contribution in [0, 0.1) is 0 Å². The first-order chi connectivity index (χ1) is 16.1. The maximum Gasteiger partial charge on any atom is 0.351 e. The quantitative estimate of drug-likeness (QED) is 0.367. The van der Waals surface area contributed by atoms with E-state index in [1.165, 1.54) is 11.3 Å². The summed E-state index contributed by atoms with van der Waals surface area (Å²) in [7, 11) is 0. The van der Waals surface area contributed by atoms with Crippen molar-refractivity contribution in [2.24, 2.45) is 4.99 Å². The molecule has 0 unspecified atom stereocenters. The van der Waals surface area contributed by atoms with Crippen molar-refractivity contribution in [3.63, 3.8) is 0 Å². The van der Waals surface area contributed by atoms with Gasteiger partial charge in [0.05, 0.1) is 29.7 Å². The second kappa shape index (κ2) is 10.1. The highest BCUT2D eigenvalue weighted by Gasteiger charge is 2.62. The monoisotopic (exact) mass is 463 g/mol. The molecule has 3 aromatic rings. The van der Waals surface area contributed by atoms with Gasteiger partial charge >= 0.3 is 11.9 Å². The van der Waals surface area contributed by atoms with Crippen molar-refractivity contribution in [3.8, 4) is 0 Å². The third-order valence-corrected chi connectivity index (χ3v) is 6.28. The van der Waals surface area contributed by atoms with Crippen LogP contribution in [0.1, 0.15) is 42.0 Å². The molecule has 4 rings (SSSR count). The second-order valence-corrected chi connectivity index (χ2v) is 8.37. The number of carbonyl (C=O) groups excluding carboxylic acids is 2. The number of hydrogen-bond donors (Lipinski definition) is 0. The van der Waals surface area contributed by atoms with Crippen LogP contribution in [0.25, 0.3) is 0 Å². The number of hydrogen-bond acceptors (Lipinski definition) is 7. The van der Waals surface area contributed by atoms with Gasteiger partial charge in [0.1, 0.15) is 0 Å². The van der Waals surface area contributed by atoms with Gasteiger partial charge in [0.2, 0.25) is 0 Å². The zero-order valence-electron chi connectivity index (χ0n) is 18.5. The minimum atomic E-state index is -2.06. The van der Waals surface area contributed by atoms with E-state index < -0.39 is 29.7 Å². The molecule has 0 fully saturated rings. The lowest BCUT2D eigenvalue weighted by Gasteiger charge is -2.42. The van der Waals surface area contributed by atoms with Crippen molar-refractivity contribution in [1.82, 2.24) is 0 Å². The lowest BCUT2D eigenvalue weighted by atomic mass is 9.75. The zero-order chi connectivity index (χ0) is 23.3. The largest absolute Gasteiger partial charge is 0.463 e. The van der Waals surface area contributed by atoms with E-state index >= 15 is 0 Å². The van der Waals surface area contributed by atoms with Crippen LogP contribution in [0.5, 0.6) is 0 Å². The number of esters is 2. The molecule has 0 bridgehead atoms. The van der Waals surface area contributed by atoms with Crippen molar-refractivity contribution in [2.75, 3.05) is 13.2 Å². The molecule has 1 aliphatic heterocycles. The smallest absolute Gasteiger partial charge is 0.351 e. The van der Waals surface area contributed by atoms with Crippen LogP contribution in [0.2, 0.25) is 0 Å². The van der Waals surface area contributed by atoms with Gasteiger partial charge in [0.25, 0.3) is 5.60 Å². The lowest BCUT2D eigenvalue weighted by molar-refractivity contribution is -0.201. The molecule has 2 heterocycles. The van der Waals surface area contributed by atoms with Crippen LogP contribution in [-0.4, -0.2) is 36.5 Å². The third-order valence-electron chi connectivity index (χ3n) is 5.38. The summed E-state index contributed by atoms with van der Waals surface area (Å²) in [6, 6.07) is 22.5. The van der Waals surface area contributed by atoms with Crippen LogP contribution >= 0.6 is 11.3 Å². The highest BCUT2D eigenvalue weighted by molar-refractivity contribution is 7.10. The standard InChI is InChI=1S/C26H25NO5S/c1-3-30-24(28)26(25(29)31-4-2)21(18-12-7-5-8-13-18)22(19-14-9-6-10-15-19)27-23(32-26)20-16-11-17-33-20/h5-17,21,23H,3-4H2,1-2H3/t21-,23+/m1/s1. The van der Waals surface area contributed by atoms with Gasteiger partial charge < -0.3 is 14.2 Å². The summed E-state index contributed by atoms with van der Waals surface area (Å²) in [6.45, 7) is 3.57. The number of thiophene rings is 1. The first kappa shape index (κ1) is 22.9. The summed E-state index contributed by atoms with van der Waals surface area (Å²) in [6.07, 6.45) is -0.867. The van der Waals surface area contributed by atoms with E-state index in [2.05, 4.69) is 0 Å². The Morgan fingerprint density at radius 3 is 2.06 bits per heavy atom. The van der Waals surface area contributed by atoms with E-state index in [0.717, 1.165) is 10.4 Å². The highest BCUT2D eigenvalue weighted by Crippen LogP contribution is 2.46. The Morgan fingerprint density at radius 1 is 0.909 bits per heavy atom. The molecule has 7 heteroatoms. The summed E-state index contributed by atoms with van der Waals surface area (Å²) in [5, 5.41) is 1.90. The average Bonchev–Trinajstić information content (AvgIpc) is 3.40. The zero-order valence-corrected chi connectivity index (χ0v) is 19.3. The molecule has 33 heavy (non-hydrogen) atoms. The highest BCUT2D eigenvalue weighted by atomic mass is 32.1. The molecule has 2 atom stereocenters. The van der Waals surface area contributed by atoms with Crippen LogP contribution in [0.15, 0.2) is 83.2 Å². The van der Waals surface area contributed by atoms with Crippen molar-refractivity contribution < 1.29 is 23.8 Å². The topological polar surface area (TPSA) is 74.2 Å². The van der Waals surface area contributed by atoms with Crippen LogP contribution in [0.4, 0.5) is 0 Å². The molecule has 170 valence electrons. The molecule has 0 radical (unpaired) electrons. The Labute approximate surface area is 196 Å². The van der Waals surface area contributed by atoms with Gasteiger partial charge in [0.15, 0.2) is 6.23 Å². The maximum absolute atomic E-state index is 13.6. The van der Waals surface area contributed by atoms with Gasteiger partial charge in [-0.15, -0.1) is 11.3 Å². The summed E-state index contributed by atoms with van der Waals surface area (Å²) in [4.78, 5) is 32.9. The Morgan fingerprint density at radius 2 is 1.52 bits per heavy atom. The van der Waals surface area contributed by atoms with E-state index in [-0.39, 0.29) is 13.2 Å². The van der Waals surface area contributed by atoms with Gasteiger partial charge in [0, 0.05) is 0 Å². The molecule has 0 spiro atoms. The molecule has 0 amide bonds. The number of ether oxygens (including phenoxy) is 3. The molecule has 0 saturated heterocycles. The summed E-state index contributed by atoms with van der Waals surface area (Å²) in [5.74, 6) is -2.44. The average molecular weight is 464 g/mol. The van der Waals surface area contributed by atoms with E-state index in [9.17, 15) is 9.59 Å². The van der Waals surface area contributed by atoms with Gasteiger partial charge in [-0.2, -0.15) is 0 Å². The maximum atomic E-state index is 13.6. The predicted molar refractivity (Wildman–Crippen MR) is 126 cm³/mol. The van der Waals surface area contributed by atoms with Crippen molar-refractivity contribution in [2.45, 2.75) is 31.6 Å². The number of aliphatic imine (C=N–C) groups is 1. The fourth-order valence-corrected chi connectivity index (χ4v) is 4.69. The van der Waals surface area contributed by atoms with Crippen LogP contribution in [0.3, 0.4) is 0 Å². The van der Waals surface area contributed by atoms with Crippen molar-refractivity contribution in [1.29, 1.82) is 0 Å². The van der Waals surface area contributed by atoms with E-state index in [4.69, 9.17) is 19.2 Å². The predicted octanol–water partition coefficient (Wildman–Crippen LogP) is 4.92. The summed E-state index contributed by atoms with van der Waals surface area (Å²) < 4.78 is 17.2. The number of carbonyl (C=O) groups is 2. The van der Waals surface area contributed by atoms with E-state index in [0.29, 0.717) is 11.3 Å². The van der Waals surface area contributed by atoms with Crippen molar-refractivity contribution >= 4 is 29.0 Å². The molecule has 0 saturated carbocycles. The SMILES string of the molecule is CCOC(=O)C1(C(=O)OCC)O[C@@H](c2cccs2)N=C(c2ccccc2)[C@H]1c1ccccc1. The molecule has 1 aromatic heterocycles.